The first-order valence-electron chi connectivity index (χ1n) is 3.07. The Labute approximate surface area is 75.8 Å². The van der Waals surface area contributed by atoms with Gasteiger partial charge in [0, 0.05) is 0 Å². The van der Waals surface area contributed by atoms with Crippen molar-refractivity contribution in [3.05, 3.63) is 22.6 Å². The van der Waals surface area contributed by atoms with E-state index in [0.717, 1.165) is 5.56 Å². The first kappa shape index (κ1) is 10.7. The Balaban J connectivity index is 0.00000121. The standard InChI is InChI=1S/C7H8N2O2.ClH/c1-4-2-5(8)7(9-11)6(10)3-4;/h2-3,10H,8H2,1H3;1H. The number of nitrogens with zero attached hydrogens (tertiary/aromatic N) is 1. The van der Waals surface area contributed by atoms with Crippen LogP contribution in [0.4, 0.5) is 11.4 Å². The fourth-order valence-electron chi connectivity index (χ4n) is 0.887. The van der Waals surface area contributed by atoms with Crippen molar-refractivity contribution in [1.82, 2.24) is 0 Å². The summed E-state index contributed by atoms with van der Waals surface area (Å²) in [6.07, 6.45) is 0. The fraction of sp³-hybridized carbons (Fsp3) is 0.143. The molecule has 0 bridgehead atoms. The van der Waals surface area contributed by atoms with Gasteiger partial charge in [0.05, 0.1) is 5.69 Å². The molecule has 66 valence electrons. The zero-order chi connectivity index (χ0) is 8.43. The summed E-state index contributed by atoms with van der Waals surface area (Å²) in [4.78, 5) is 10.1. The summed E-state index contributed by atoms with van der Waals surface area (Å²) in [5.74, 6) is -0.169. The van der Waals surface area contributed by atoms with Crippen LogP contribution in [0, 0.1) is 11.8 Å². The van der Waals surface area contributed by atoms with Gasteiger partial charge in [0.15, 0.2) is 5.69 Å². The van der Waals surface area contributed by atoms with Crippen LogP contribution in [-0.2, 0) is 0 Å². The summed E-state index contributed by atoms with van der Waals surface area (Å²) in [5.41, 5.74) is 6.30. The normalized spacial score (nSPS) is 8.75. The van der Waals surface area contributed by atoms with E-state index in [9.17, 15) is 4.91 Å². The maximum atomic E-state index is 10.1. The molecule has 5 heteroatoms. The molecule has 0 spiro atoms. The number of halogens is 1. The predicted molar refractivity (Wildman–Crippen MR) is 50.0 cm³/mol. The van der Waals surface area contributed by atoms with Crippen LogP contribution in [-0.4, -0.2) is 5.11 Å². The van der Waals surface area contributed by atoms with Crippen LogP contribution in [0.25, 0.3) is 0 Å². The van der Waals surface area contributed by atoms with Crippen LogP contribution in [0.2, 0.25) is 0 Å². The SMILES string of the molecule is Cc1cc(N)c(N=O)c(O)c1.Cl. The average Bonchev–Trinajstić information content (AvgIpc) is 1.85. The summed E-state index contributed by atoms with van der Waals surface area (Å²) in [6, 6.07) is 3.02. The van der Waals surface area contributed by atoms with E-state index in [1.54, 1.807) is 13.0 Å². The number of phenols is 1. The van der Waals surface area contributed by atoms with Crippen molar-refractivity contribution in [1.29, 1.82) is 0 Å². The van der Waals surface area contributed by atoms with Gasteiger partial charge in [-0.25, -0.2) is 0 Å². The van der Waals surface area contributed by atoms with Crippen molar-refractivity contribution in [3.8, 4) is 5.75 Å². The van der Waals surface area contributed by atoms with Crippen molar-refractivity contribution in [2.75, 3.05) is 5.73 Å². The summed E-state index contributed by atoms with van der Waals surface area (Å²) in [6.45, 7) is 1.77. The molecule has 12 heavy (non-hydrogen) atoms. The number of nitrogen functional groups attached to an aromatic ring is 1. The summed E-state index contributed by atoms with van der Waals surface area (Å²) < 4.78 is 0. The molecule has 0 aromatic heterocycles. The van der Waals surface area contributed by atoms with Crippen molar-refractivity contribution < 1.29 is 5.11 Å². The lowest BCUT2D eigenvalue weighted by Crippen LogP contribution is -1.86. The van der Waals surface area contributed by atoms with Crippen LogP contribution in [0.15, 0.2) is 17.3 Å². The van der Waals surface area contributed by atoms with Gasteiger partial charge in [-0.2, -0.15) is 0 Å². The van der Waals surface area contributed by atoms with Gasteiger partial charge >= 0.3 is 0 Å². The molecule has 4 nitrogen and oxygen atoms in total. The number of rotatable bonds is 1. The van der Waals surface area contributed by atoms with Crippen LogP contribution < -0.4 is 5.73 Å². The van der Waals surface area contributed by atoms with E-state index in [4.69, 9.17) is 10.8 Å². The third kappa shape index (κ3) is 1.85. The Bertz CT molecular complexity index is 278. The van der Waals surface area contributed by atoms with Crippen molar-refractivity contribution in [2.24, 2.45) is 5.18 Å². The highest BCUT2D eigenvalue weighted by molar-refractivity contribution is 5.85. The highest BCUT2D eigenvalue weighted by Crippen LogP contribution is 2.33. The second-order valence-corrected chi connectivity index (χ2v) is 2.31. The van der Waals surface area contributed by atoms with Gasteiger partial charge in [-0.3, -0.25) is 0 Å². The second-order valence-electron chi connectivity index (χ2n) is 2.31. The van der Waals surface area contributed by atoms with Gasteiger partial charge in [0.2, 0.25) is 0 Å². The lowest BCUT2D eigenvalue weighted by Gasteiger charge is -2.00. The lowest BCUT2D eigenvalue weighted by atomic mass is 10.2. The van der Waals surface area contributed by atoms with Gasteiger partial charge in [0.1, 0.15) is 5.75 Å². The molecule has 0 heterocycles. The number of hydrogen-bond acceptors (Lipinski definition) is 4. The molecule has 1 rings (SSSR count). The van der Waals surface area contributed by atoms with Gasteiger partial charge in [-0.05, 0) is 29.8 Å². The van der Waals surface area contributed by atoms with E-state index in [2.05, 4.69) is 5.18 Å². The van der Waals surface area contributed by atoms with Gasteiger partial charge in [-0.1, -0.05) is 0 Å². The van der Waals surface area contributed by atoms with Gasteiger partial charge in [-0.15, -0.1) is 17.3 Å². The number of phenolic OH excluding ortho intramolecular Hbond substituents is 1. The topological polar surface area (TPSA) is 75.7 Å². The lowest BCUT2D eigenvalue weighted by molar-refractivity contribution is 0.476. The molecule has 1 aromatic rings. The number of hydrogen-bond donors (Lipinski definition) is 2. The number of nitrogens with two attached hydrogens (primary N) is 1. The quantitative estimate of drug-likeness (QED) is 0.524. The van der Waals surface area contributed by atoms with Crippen LogP contribution >= 0.6 is 12.4 Å². The minimum Gasteiger partial charge on any atom is -0.505 e. The molecule has 0 amide bonds. The number of aryl methyl sites for hydroxylation is 1. The van der Waals surface area contributed by atoms with Crippen LogP contribution in [0.5, 0.6) is 5.75 Å². The number of aromatic hydroxyl groups is 1. The molecule has 0 radical (unpaired) electrons. The first-order valence-corrected chi connectivity index (χ1v) is 3.07. The maximum Gasteiger partial charge on any atom is 0.172 e. The molecular formula is C7H9ClN2O2. The predicted octanol–water partition coefficient (Wildman–Crippen LogP) is 2.10. The highest BCUT2D eigenvalue weighted by atomic mass is 35.5. The molecule has 0 aliphatic heterocycles. The smallest absolute Gasteiger partial charge is 0.172 e. The summed E-state index contributed by atoms with van der Waals surface area (Å²) in [5, 5.41) is 11.7. The largest absolute Gasteiger partial charge is 0.505 e. The van der Waals surface area contributed by atoms with E-state index in [1.807, 2.05) is 0 Å². The Kier molecular flexibility index (Phi) is 3.50. The molecule has 0 aliphatic rings. The van der Waals surface area contributed by atoms with E-state index >= 15 is 0 Å². The third-order valence-electron chi connectivity index (χ3n) is 1.35. The summed E-state index contributed by atoms with van der Waals surface area (Å²) in [7, 11) is 0. The fourth-order valence-corrected chi connectivity index (χ4v) is 0.887. The maximum absolute atomic E-state index is 10.1. The first-order chi connectivity index (χ1) is 5.15. The molecular weight excluding hydrogens is 180 g/mol. The van der Waals surface area contributed by atoms with E-state index in [0.29, 0.717) is 0 Å². The monoisotopic (exact) mass is 188 g/mol. The number of anilines is 1. The second kappa shape index (κ2) is 3.92. The van der Waals surface area contributed by atoms with E-state index in [-0.39, 0.29) is 29.5 Å². The third-order valence-corrected chi connectivity index (χ3v) is 1.35. The molecule has 0 saturated carbocycles. The van der Waals surface area contributed by atoms with Crippen molar-refractivity contribution >= 4 is 23.8 Å². The highest BCUT2D eigenvalue weighted by Gasteiger charge is 2.05. The molecule has 0 aliphatic carbocycles. The minimum absolute atomic E-state index is 0. The van der Waals surface area contributed by atoms with Crippen LogP contribution in [0.3, 0.4) is 0 Å². The average molecular weight is 189 g/mol. The minimum atomic E-state index is -0.169. The molecule has 3 N–H and O–H groups in total. The number of nitroso groups, excluding NO2 is 1. The van der Waals surface area contributed by atoms with E-state index < -0.39 is 0 Å². The molecule has 0 saturated heterocycles. The van der Waals surface area contributed by atoms with Crippen molar-refractivity contribution in [3.63, 3.8) is 0 Å². The molecule has 0 fully saturated rings. The Morgan fingerprint density at radius 3 is 2.50 bits per heavy atom. The van der Waals surface area contributed by atoms with E-state index in [1.165, 1.54) is 6.07 Å². The molecule has 0 unspecified atom stereocenters. The Morgan fingerprint density at radius 2 is 2.08 bits per heavy atom. The van der Waals surface area contributed by atoms with Gasteiger partial charge < -0.3 is 10.8 Å². The van der Waals surface area contributed by atoms with Gasteiger partial charge in [0.25, 0.3) is 0 Å². The zero-order valence-corrected chi connectivity index (χ0v) is 7.26. The number of benzene rings is 1. The zero-order valence-electron chi connectivity index (χ0n) is 6.44. The Hall–Kier alpha value is -1.29. The molecule has 1 aromatic carbocycles. The van der Waals surface area contributed by atoms with Crippen molar-refractivity contribution in [2.45, 2.75) is 6.92 Å². The molecule has 0 atom stereocenters. The van der Waals surface area contributed by atoms with Crippen LogP contribution in [0.1, 0.15) is 5.56 Å². The summed E-state index contributed by atoms with van der Waals surface area (Å²) >= 11 is 0. The Morgan fingerprint density at radius 1 is 1.50 bits per heavy atom.